The lowest BCUT2D eigenvalue weighted by Crippen LogP contribution is -2.48. The molecule has 7 nitrogen and oxygen atoms in total. The smallest absolute Gasteiger partial charge is 0.236 e. The largest absolute Gasteiger partial charge is 0.378 e. The van der Waals surface area contributed by atoms with Crippen molar-refractivity contribution in [1.82, 2.24) is 24.8 Å². The van der Waals surface area contributed by atoms with Crippen molar-refractivity contribution in [3.8, 4) is 0 Å². The molecule has 0 saturated carbocycles. The van der Waals surface area contributed by atoms with Crippen molar-refractivity contribution in [3.63, 3.8) is 0 Å². The third-order valence-electron chi connectivity index (χ3n) is 4.69. The van der Waals surface area contributed by atoms with Crippen LogP contribution in [0.1, 0.15) is 23.1 Å². The van der Waals surface area contributed by atoms with Crippen LogP contribution in [0.25, 0.3) is 0 Å². The van der Waals surface area contributed by atoms with E-state index in [2.05, 4.69) is 19.9 Å². The SMILES string of the molecule is O=C(CN1CCc2[nH]cnc2C1c1ccccn1)N1CCOCC1. The second-order valence-corrected chi connectivity index (χ2v) is 6.14. The Balaban J connectivity index is 1.58. The molecule has 0 aromatic carbocycles. The number of ether oxygens (including phenoxy) is 1. The van der Waals surface area contributed by atoms with Gasteiger partial charge in [0.2, 0.25) is 5.91 Å². The lowest BCUT2D eigenvalue weighted by Gasteiger charge is -2.36. The van der Waals surface area contributed by atoms with Crippen LogP contribution in [0.15, 0.2) is 30.7 Å². The van der Waals surface area contributed by atoms with Gasteiger partial charge in [0.15, 0.2) is 0 Å². The topological polar surface area (TPSA) is 74.4 Å². The molecule has 1 saturated heterocycles. The lowest BCUT2D eigenvalue weighted by molar-refractivity contribution is -0.137. The van der Waals surface area contributed by atoms with Gasteiger partial charge in [0, 0.05) is 37.9 Å². The minimum absolute atomic E-state index is 0.0776. The van der Waals surface area contributed by atoms with Crippen molar-refractivity contribution in [2.45, 2.75) is 12.5 Å². The summed E-state index contributed by atoms with van der Waals surface area (Å²) in [5.74, 6) is 0.151. The fourth-order valence-electron chi connectivity index (χ4n) is 3.45. The van der Waals surface area contributed by atoms with Gasteiger partial charge in [-0.2, -0.15) is 0 Å². The third kappa shape index (κ3) is 2.92. The predicted octanol–water partition coefficient (Wildman–Crippen LogP) is 0.611. The molecule has 1 atom stereocenters. The molecule has 0 spiro atoms. The summed E-state index contributed by atoms with van der Waals surface area (Å²) in [5.41, 5.74) is 3.05. The average Bonchev–Trinajstić information content (AvgIpc) is 3.11. The van der Waals surface area contributed by atoms with Crippen LogP contribution in [0, 0.1) is 0 Å². The molecule has 24 heavy (non-hydrogen) atoms. The predicted molar refractivity (Wildman–Crippen MR) is 87.3 cm³/mol. The van der Waals surface area contributed by atoms with E-state index in [1.54, 1.807) is 12.5 Å². The van der Waals surface area contributed by atoms with Crippen LogP contribution in [0.4, 0.5) is 0 Å². The van der Waals surface area contributed by atoms with E-state index in [4.69, 9.17) is 4.74 Å². The maximum atomic E-state index is 12.7. The van der Waals surface area contributed by atoms with Gasteiger partial charge in [-0.1, -0.05) is 6.07 Å². The van der Waals surface area contributed by atoms with Gasteiger partial charge in [0.05, 0.1) is 43.5 Å². The van der Waals surface area contributed by atoms with Gasteiger partial charge in [-0.05, 0) is 12.1 Å². The van der Waals surface area contributed by atoms with Crippen LogP contribution >= 0.6 is 0 Å². The number of amides is 1. The quantitative estimate of drug-likeness (QED) is 0.894. The van der Waals surface area contributed by atoms with Crippen molar-refractivity contribution in [3.05, 3.63) is 47.8 Å². The van der Waals surface area contributed by atoms with Crippen molar-refractivity contribution in [2.24, 2.45) is 0 Å². The number of nitrogens with zero attached hydrogens (tertiary/aromatic N) is 4. The zero-order valence-corrected chi connectivity index (χ0v) is 13.5. The molecule has 2 aliphatic rings. The highest BCUT2D eigenvalue weighted by molar-refractivity contribution is 5.78. The molecular weight excluding hydrogens is 306 g/mol. The maximum Gasteiger partial charge on any atom is 0.236 e. The van der Waals surface area contributed by atoms with Gasteiger partial charge in [-0.25, -0.2) is 4.98 Å². The van der Waals surface area contributed by atoms with Crippen LogP contribution in [0.2, 0.25) is 0 Å². The maximum absolute atomic E-state index is 12.7. The highest BCUT2D eigenvalue weighted by Gasteiger charge is 2.33. The van der Waals surface area contributed by atoms with E-state index < -0.39 is 0 Å². The lowest BCUT2D eigenvalue weighted by atomic mass is 9.99. The molecule has 1 amide bonds. The summed E-state index contributed by atoms with van der Waals surface area (Å²) in [5, 5.41) is 0. The molecular formula is C17H21N5O2. The van der Waals surface area contributed by atoms with Crippen LogP contribution in [0.3, 0.4) is 0 Å². The Morgan fingerprint density at radius 2 is 2.12 bits per heavy atom. The van der Waals surface area contributed by atoms with Gasteiger partial charge in [0.25, 0.3) is 0 Å². The number of imidazole rings is 1. The second-order valence-electron chi connectivity index (χ2n) is 6.14. The van der Waals surface area contributed by atoms with Crippen LogP contribution in [-0.2, 0) is 16.0 Å². The summed E-state index contributed by atoms with van der Waals surface area (Å²) in [6, 6.07) is 5.80. The molecule has 7 heteroatoms. The Morgan fingerprint density at radius 1 is 1.25 bits per heavy atom. The molecule has 0 radical (unpaired) electrons. The minimum atomic E-state index is -0.0776. The average molecular weight is 327 g/mol. The number of carbonyl (C=O) groups is 1. The number of hydrogen-bond donors (Lipinski definition) is 1. The molecule has 1 fully saturated rings. The molecule has 4 heterocycles. The molecule has 2 aliphatic heterocycles. The normalized spacial score (nSPS) is 21.5. The molecule has 0 aliphatic carbocycles. The fraction of sp³-hybridized carbons (Fsp3) is 0.471. The van der Waals surface area contributed by atoms with Gasteiger partial charge in [-0.15, -0.1) is 0 Å². The molecule has 1 unspecified atom stereocenters. The second kappa shape index (κ2) is 6.70. The Morgan fingerprint density at radius 3 is 2.92 bits per heavy atom. The van der Waals surface area contributed by atoms with E-state index in [9.17, 15) is 4.79 Å². The van der Waals surface area contributed by atoms with E-state index in [-0.39, 0.29) is 11.9 Å². The summed E-state index contributed by atoms with van der Waals surface area (Å²) in [7, 11) is 0. The summed E-state index contributed by atoms with van der Waals surface area (Å²) in [6.07, 6.45) is 4.39. The Kier molecular flexibility index (Phi) is 4.27. The van der Waals surface area contributed by atoms with Crippen LogP contribution in [0.5, 0.6) is 0 Å². The summed E-state index contributed by atoms with van der Waals surface area (Å²) in [4.78, 5) is 29.0. The van der Waals surface area contributed by atoms with Gasteiger partial charge in [-0.3, -0.25) is 14.7 Å². The summed E-state index contributed by atoms with van der Waals surface area (Å²) >= 11 is 0. The van der Waals surface area contributed by atoms with Crippen molar-refractivity contribution >= 4 is 5.91 Å². The number of aromatic nitrogens is 3. The van der Waals surface area contributed by atoms with E-state index in [1.165, 1.54) is 0 Å². The number of rotatable bonds is 3. The molecule has 4 rings (SSSR count). The molecule has 0 bridgehead atoms. The highest BCUT2D eigenvalue weighted by atomic mass is 16.5. The number of pyridine rings is 1. The monoisotopic (exact) mass is 327 g/mol. The zero-order valence-electron chi connectivity index (χ0n) is 13.5. The molecule has 126 valence electrons. The number of fused-ring (bicyclic) bond motifs is 1. The van der Waals surface area contributed by atoms with Crippen LogP contribution < -0.4 is 0 Å². The zero-order chi connectivity index (χ0) is 16.4. The Labute approximate surface area is 140 Å². The summed E-state index contributed by atoms with van der Waals surface area (Å²) in [6.45, 7) is 3.79. The fourth-order valence-corrected chi connectivity index (χ4v) is 3.45. The van der Waals surface area contributed by atoms with Crippen molar-refractivity contribution < 1.29 is 9.53 Å². The van der Waals surface area contributed by atoms with Crippen molar-refractivity contribution in [1.29, 1.82) is 0 Å². The molecule has 1 N–H and O–H groups in total. The van der Waals surface area contributed by atoms with E-state index in [0.717, 1.165) is 30.0 Å². The molecule has 2 aromatic heterocycles. The third-order valence-corrected chi connectivity index (χ3v) is 4.69. The first-order valence-corrected chi connectivity index (χ1v) is 8.35. The van der Waals surface area contributed by atoms with E-state index >= 15 is 0 Å². The van der Waals surface area contributed by atoms with Gasteiger partial charge < -0.3 is 14.6 Å². The van der Waals surface area contributed by atoms with Gasteiger partial charge in [0.1, 0.15) is 0 Å². The van der Waals surface area contributed by atoms with E-state index in [1.807, 2.05) is 23.1 Å². The number of aromatic amines is 1. The van der Waals surface area contributed by atoms with E-state index in [0.29, 0.717) is 32.8 Å². The number of carbonyl (C=O) groups excluding carboxylic acids is 1. The number of H-pyrrole nitrogens is 1. The minimum Gasteiger partial charge on any atom is -0.378 e. The first kappa shape index (κ1) is 15.3. The van der Waals surface area contributed by atoms with Crippen molar-refractivity contribution in [2.75, 3.05) is 39.4 Å². The van der Waals surface area contributed by atoms with Gasteiger partial charge >= 0.3 is 0 Å². The first-order chi connectivity index (χ1) is 11.8. The number of morpholine rings is 1. The molecule has 2 aromatic rings. The van der Waals surface area contributed by atoms with Crippen LogP contribution in [-0.4, -0.2) is 70.1 Å². The number of hydrogen-bond acceptors (Lipinski definition) is 5. The summed E-state index contributed by atoms with van der Waals surface area (Å²) < 4.78 is 5.33. The first-order valence-electron chi connectivity index (χ1n) is 8.35. The standard InChI is InChI=1S/C17H21N5O2/c23-15(21-7-9-24-10-8-21)11-22-6-4-13-16(20-12-19-13)17(22)14-3-1-2-5-18-14/h1-3,5,12,17H,4,6-11H2,(H,19,20). The number of nitrogens with one attached hydrogen (secondary N) is 1. The Hall–Kier alpha value is -2.25. The Bertz CT molecular complexity index is 696. The highest BCUT2D eigenvalue weighted by Crippen LogP contribution is 2.31.